The van der Waals surface area contributed by atoms with Gasteiger partial charge in [-0.15, -0.1) is 0 Å². The Hall–Kier alpha value is -0.550. The molecule has 0 N–H and O–H groups in total. The molecule has 1 heterocycles. The molecule has 1 aliphatic heterocycles. The topological polar surface area (TPSA) is 33.0 Å². The maximum Gasteiger partial charge on any atom is 0.0660 e. The molecule has 0 saturated carbocycles. The Labute approximate surface area is 55.4 Å². The van der Waals surface area contributed by atoms with E-state index in [1.165, 1.54) is 0 Å². The molecule has 0 aromatic heterocycles. The molecular weight excluding hydrogens is 114 g/mol. The van der Waals surface area contributed by atoms with E-state index in [-0.39, 0.29) is 5.92 Å². The van der Waals surface area contributed by atoms with Gasteiger partial charge in [0.2, 0.25) is 0 Å². The average Bonchev–Trinajstić information content (AvgIpc) is 1.78. The van der Waals surface area contributed by atoms with Crippen LogP contribution in [0.2, 0.25) is 0 Å². The Balaban J connectivity index is 2.30. The summed E-state index contributed by atoms with van der Waals surface area (Å²) >= 11 is 0. The van der Waals surface area contributed by atoms with E-state index in [4.69, 9.17) is 10.00 Å². The Morgan fingerprint density at radius 2 is 2.44 bits per heavy atom. The number of hydrogen-bond donors (Lipinski definition) is 0. The zero-order valence-corrected chi connectivity index (χ0v) is 5.63. The Bertz CT molecular complexity index is 123. The lowest BCUT2D eigenvalue weighted by Gasteiger charge is -2.28. The van der Waals surface area contributed by atoms with Gasteiger partial charge in [-0.05, 0) is 6.42 Å². The van der Waals surface area contributed by atoms with Crippen molar-refractivity contribution in [2.45, 2.75) is 13.3 Å². The zero-order chi connectivity index (χ0) is 6.69. The van der Waals surface area contributed by atoms with Gasteiger partial charge in [-0.25, -0.2) is 0 Å². The smallest absolute Gasteiger partial charge is 0.0660 e. The molecule has 0 aromatic carbocycles. The fourth-order valence-corrected chi connectivity index (χ4v) is 1.02. The highest BCUT2D eigenvalue weighted by Crippen LogP contribution is 2.22. The summed E-state index contributed by atoms with van der Waals surface area (Å²) in [7, 11) is 0. The van der Waals surface area contributed by atoms with Crippen molar-refractivity contribution in [1.29, 1.82) is 5.26 Å². The number of rotatable bonds is 2. The lowest BCUT2D eigenvalue weighted by molar-refractivity contribution is -0.0504. The number of hydrogen-bond acceptors (Lipinski definition) is 2. The number of nitrogens with zero attached hydrogens (tertiary/aromatic N) is 1. The maximum absolute atomic E-state index is 8.56. The van der Waals surface area contributed by atoms with Gasteiger partial charge >= 0.3 is 0 Å². The SMILES string of the molecule is CCC(C#N)C1COC1. The molecule has 2 heteroatoms. The van der Waals surface area contributed by atoms with Gasteiger partial charge in [-0.3, -0.25) is 0 Å². The first kappa shape index (κ1) is 6.57. The normalized spacial score (nSPS) is 22.2. The molecule has 1 rings (SSSR count). The first-order valence-electron chi connectivity index (χ1n) is 3.35. The molecule has 0 bridgehead atoms. The van der Waals surface area contributed by atoms with E-state index in [9.17, 15) is 0 Å². The average molecular weight is 125 g/mol. The van der Waals surface area contributed by atoms with Crippen LogP contribution in [0.25, 0.3) is 0 Å². The van der Waals surface area contributed by atoms with Crippen LogP contribution in [0, 0.1) is 23.2 Å². The summed E-state index contributed by atoms with van der Waals surface area (Å²) in [6.45, 7) is 3.64. The summed E-state index contributed by atoms with van der Waals surface area (Å²) in [6.07, 6.45) is 0.963. The van der Waals surface area contributed by atoms with Crippen LogP contribution in [0.5, 0.6) is 0 Å². The van der Waals surface area contributed by atoms with E-state index in [0.717, 1.165) is 19.6 Å². The third-order valence-corrected chi connectivity index (χ3v) is 1.84. The van der Waals surface area contributed by atoms with Crippen LogP contribution in [-0.2, 0) is 4.74 Å². The minimum Gasteiger partial charge on any atom is -0.381 e. The highest BCUT2D eigenvalue weighted by molar-refractivity contribution is 4.89. The van der Waals surface area contributed by atoms with Crippen molar-refractivity contribution in [1.82, 2.24) is 0 Å². The molecule has 0 amide bonds. The van der Waals surface area contributed by atoms with Crippen molar-refractivity contribution < 1.29 is 4.74 Å². The van der Waals surface area contributed by atoms with Crippen molar-refractivity contribution >= 4 is 0 Å². The van der Waals surface area contributed by atoms with Crippen molar-refractivity contribution in [3.05, 3.63) is 0 Å². The molecule has 1 saturated heterocycles. The Kier molecular flexibility index (Phi) is 2.07. The Morgan fingerprint density at radius 1 is 1.78 bits per heavy atom. The van der Waals surface area contributed by atoms with Crippen molar-refractivity contribution in [3.8, 4) is 6.07 Å². The standard InChI is InChI=1S/C7H11NO/c1-2-6(3-8)7-4-9-5-7/h6-7H,2,4-5H2,1H3. The number of ether oxygens (including phenoxy) is 1. The van der Waals surface area contributed by atoms with Crippen LogP contribution in [0.15, 0.2) is 0 Å². The molecule has 1 unspecified atom stereocenters. The highest BCUT2D eigenvalue weighted by Gasteiger charge is 2.26. The van der Waals surface area contributed by atoms with Crippen LogP contribution >= 0.6 is 0 Å². The number of nitriles is 1. The van der Waals surface area contributed by atoms with Crippen LogP contribution < -0.4 is 0 Å². The molecular formula is C7H11NO. The van der Waals surface area contributed by atoms with Gasteiger partial charge in [0.15, 0.2) is 0 Å². The van der Waals surface area contributed by atoms with Gasteiger partial charge in [-0.1, -0.05) is 6.92 Å². The van der Waals surface area contributed by atoms with Gasteiger partial charge in [0, 0.05) is 5.92 Å². The molecule has 50 valence electrons. The van der Waals surface area contributed by atoms with Crippen LogP contribution in [0.1, 0.15) is 13.3 Å². The lowest BCUT2D eigenvalue weighted by atomic mass is 9.90. The van der Waals surface area contributed by atoms with Crippen molar-refractivity contribution in [3.63, 3.8) is 0 Å². The molecule has 1 fully saturated rings. The predicted molar refractivity (Wildman–Crippen MR) is 33.7 cm³/mol. The van der Waals surface area contributed by atoms with Gasteiger partial charge in [0.25, 0.3) is 0 Å². The fourth-order valence-electron chi connectivity index (χ4n) is 1.02. The first-order valence-corrected chi connectivity index (χ1v) is 3.35. The van der Waals surface area contributed by atoms with Gasteiger partial charge in [0.05, 0.1) is 25.2 Å². The fraction of sp³-hybridized carbons (Fsp3) is 0.857. The molecule has 0 radical (unpaired) electrons. The van der Waals surface area contributed by atoms with E-state index in [1.54, 1.807) is 0 Å². The molecule has 9 heavy (non-hydrogen) atoms. The minimum atomic E-state index is 0.235. The van der Waals surface area contributed by atoms with Crippen molar-refractivity contribution in [2.24, 2.45) is 11.8 Å². The van der Waals surface area contributed by atoms with Crippen molar-refractivity contribution in [2.75, 3.05) is 13.2 Å². The van der Waals surface area contributed by atoms with E-state index in [1.807, 2.05) is 6.92 Å². The molecule has 2 nitrogen and oxygen atoms in total. The molecule has 0 aliphatic carbocycles. The summed E-state index contributed by atoms with van der Waals surface area (Å²) < 4.78 is 4.97. The third kappa shape index (κ3) is 1.22. The monoisotopic (exact) mass is 125 g/mol. The van der Waals surface area contributed by atoms with E-state index >= 15 is 0 Å². The Morgan fingerprint density at radius 3 is 2.56 bits per heavy atom. The summed E-state index contributed by atoms with van der Waals surface area (Å²) in [5.74, 6) is 0.763. The van der Waals surface area contributed by atoms with E-state index in [2.05, 4.69) is 6.07 Å². The molecule has 1 aliphatic rings. The highest BCUT2D eigenvalue weighted by atomic mass is 16.5. The van der Waals surface area contributed by atoms with Gasteiger partial charge < -0.3 is 4.74 Å². The lowest BCUT2D eigenvalue weighted by Crippen LogP contribution is -2.33. The maximum atomic E-state index is 8.56. The molecule has 0 aromatic rings. The molecule has 0 spiro atoms. The summed E-state index contributed by atoms with van der Waals surface area (Å²) in [5.41, 5.74) is 0. The summed E-state index contributed by atoms with van der Waals surface area (Å²) in [4.78, 5) is 0. The van der Waals surface area contributed by atoms with Crippen LogP contribution in [0.3, 0.4) is 0 Å². The molecule has 1 atom stereocenters. The second-order valence-corrected chi connectivity index (χ2v) is 2.44. The quantitative estimate of drug-likeness (QED) is 0.555. The zero-order valence-electron chi connectivity index (χ0n) is 5.63. The minimum absolute atomic E-state index is 0.235. The van der Waals surface area contributed by atoms with Gasteiger partial charge in [0.1, 0.15) is 0 Å². The third-order valence-electron chi connectivity index (χ3n) is 1.84. The second-order valence-electron chi connectivity index (χ2n) is 2.44. The van der Waals surface area contributed by atoms with Crippen LogP contribution in [-0.4, -0.2) is 13.2 Å². The summed E-state index contributed by atoms with van der Waals surface area (Å²) in [5, 5.41) is 8.56. The first-order chi connectivity index (χ1) is 4.38. The van der Waals surface area contributed by atoms with E-state index in [0.29, 0.717) is 5.92 Å². The predicted octanol–water partition coefficient (Wildman–Crippen LogP) is 1.18. The second kappa shape index (κ2) is 2.84. The largest absolute Gasteiger partial charge is 0.381 e. The van der Waals surface area contributed by atoms with Crippen LogP contribution in [0.4, 0.5) is 0 Å². The van der Waals surface area contributed by atoms with E-state index < -0.39 is 0 Å². The van der Waals surface area contributed by atoms with Gasteiger partial charge in [-0.2, -0.15) is 5.26 Å². The summed E-state index contributed by atoms with van der Waals surface area (Å²) in [6, 6.07) is 2.27.